The fourth-order valence-electron chi connectivity index (χ4n) is 1.84. The number of ether oxygens (including phenoxy) is 1. The number of halogens is 1. The van der Waals surface area contributed by atoms with Crippen LogP contribution < -0.4 is 10.2 Å². The molecule has 134 valence electrons. The minimum Gasteiger partial charge on any atom is -0.480 e. The van der Waals surface area contributed by atoms with Crippen LogP contribution in [-0.2, 0) is 4.79 Å². The van der Waals surface area contributed by atoms with Gasteiger partial charge in [0.2, 0.25) is 0 Å². The third-order valence-electron chi connectivity index (χ3n) is 3.01. The van der Waals surface area contributed by atoms with Crippen molar-refractivity contribution in [2.75, 3.05) is 6.61 Å². The van der Waals surface area contributed by atoms with Gasteiger partial charge in [0.25, 0.3) is 11.6 Å². The van der Waals surface area contributed by atoms with Crippen LogP contribution in [0.25, 0.3) is 0 Å². The van der Waals surface area contributed by atoms with Gasteiger partial charge in [-0.05, 0) is 29.8 Å². The lowest BCUT2D eigenvalue weighted by Crippen LogP contribution is -2.17. The Hall–Kier alpha value is -3.46. The van der Waals surface area contributed by atoms with Crippen molar-refractivity contribution in [2.45, 2.75) is 0 Å². The van der Waals surface area contributed by atoms with Crippen LogP contribution in [0.4, 0.5) is 5.69 Å². The predicted molar refractivity (Wildman–Crippen MR) is 92.7 cm³/mol. The van der Waals surface area contributed by atoms with Crippen molar-refractivity contribution < 1.29 is 24.4 Å². The molecular weight excluding hydrogens is 366 g/mol. The highest BCUT2D eigenvalue weighted by atomic mass is 35.5. The second-order valence-corrected chi connectivity index (χ2v) is 5.29. The molecular formula is C16H12ClN3O6. The van der Waals surface area contributed by atoms with Crippen LogP contribution in [-0.4, -0.2) is 34.7 Å². The average Bonchev–Trinajstić information content (AvgIpc) is 2.60. The van der Waals surface area contributed by atoms with E-state index in [-0.39, 0.29) is 22.0 Å². The summed E-state index contributed by atoms with van der Waals surface area (Å²) in [5, 5.41) is 23.2. The summed E-state index contributed by atoms with van der Waals surface area (Å²) in [6.07, 6.45) is 1.31. The largest absolute Gasteiger partial charge is 0.480 e. The molecule has 1 amide bonds. The highest BCUT2D eigenvalue weighted by Gasteiger charge is 2.10. The lowest BCUT2D eigenvalue weighted by molar-refractivity contribution is -0.384. The Kier molecular flexibility index (Phi) is 6.23. The molecule has 0 aliphatic rings. The van der Waals surface area contributed by atoms with E-state index in [1.165, 1.54) is 36.5 Å². The number of nitrogens with one attached hydrogen (secondary N) is 1. The second-order valence-electron chi connectivity index (χ2n) is 4.88. The third kappa shape index (κ3) is 5.28. The summed E-state index contributed by atoms with van der Waals surface area (Å²) in [4.78, 5) is 32.5. The molecule has 0 aromatic heterocycles. The van der Waals surface area contributed by atoms with Gasteiger partial charge >= 0.3 is 5.97 Å². The van der Waals surface area contributed by atoms with Crippen molar-refractivity contribution in [1.82, 2.24) is 5.43 Å². The van der Waals surface area contributed by atoms with Crippen LogP contribution in [0.3, 0.4) is 0 Å². The molecule has 2 N–H and O–H groups in total. The zero-order valence-corrected chi connectivity index (χ0v) is 13.8. The van der Waals surface area contributed by atoms with Gasteiger partial charge in [-0.3, -0.25) is 14.9 Å². The van der Waals surface area contributed by atoms with Crippen LogP contribution in [0.5, 0.6) is 5.75 Å². The van der Waals surface area contributed by atoms with E-state index in [0.717, 1.165) is 6.07 Å². The summed E-state index contributed by atoms with van der Waals surface area (Å²) in [5.41, 5.74) is 2.65. The molecule has 0 aliphatic heterocycles. The van der Waals surface area contributed by atoms with E-state index < -0.39 is 23.4 Å². The van der Waals surface area contributed by atoms with E-state index in [1.807, 2.05) is 0 Å². The number of hydrazone groups is 1. The Balaban J connectivity index is 2.00. The van der Waals surface area contributed by atoms with Gasteiger partial charge in [0.15, 0.2) is 6.61 Å². The summed E-state index contributed by atoms with van der Waals surface area (Å²) in [6, 6.07) is 9.73. The topological polar surface area (TPSA) is 131 Å². The van der Waals surface area contributed by atoms with E-state index in [1.54, 1.807) is 6.07 Å². The van der Waals surface area contributed by atoms with Crippen molar-refractivity contribution >= 4 is 35.4 Å². The Labute approximate surface area is 152 Å². The number of rotatable bonds is 7. The smallest absolute Gasteiger partial charge is 0.341 e. The molecule has 0 saturated carbocycles. The van der Waals surface area contributed by atoms with Gasteiger partial charge in [-0.1, -0.05) is 17.7 Å². The number of hydrogen-bond donors (Lipinski definition) is 2. The van der Waals surface area contributed by atoms with Gasteiger partial charge in [-0.2, -0.15) is 5.10 Å². The zero-order chi connectivity index (χ0) is 19.1. The van der Waals surface area contributed by atoms with Gasteiger partial charge in [0, 0.05) is 17.7 Å². The van der Waals surface area contributed by atoms with Crippen molar-refractivity contribution in [3.63, 3.8) is 0 Å². The normalized spacial score (nSPS) is 10.5. The number of nitro groups is 1. The standard InChI is InChI=1S/C16H12ClN3O6/c17-13-6-10(4-5-14(13)26-9-15(21)22)8-18-19-16(23)11-2-1-3-12(7-11)20(24)25/h1-8H,9H2,(H,19,23)(H,21,22)/b18-8-. The van der Waals surface area contributed by atoms with Crippen molar-refractivity contribution in [1.29, 1.82) is 0 Å². The molecule has 0 spiro atoms. The maximum absolute atomic E-state index is 11.9. The number of non-ortho nitro benzene ring substituents is 1. The molecule has 9 nitrogen and oxygen atoms in total. The minimum absolute atomic E-state index is 0.0896. The summed E-state index contributed by atoms with van der Waals surface area (Å²) < 4.78 is 4.98. The van der Waals surface area contributed by atoms with Crippen LogP contribution in [0, 0.1) is 10.1 Å². The molecule has 0 saturated heterocycles. The van der Waals surface area contributed by atoms with Crippen LogP contribution in [0.15, 0.2) is 47.6 Å². The minimum atomic E-state index is -1.13. The summed E-state index contributed by atoms with van der Waals surface area (Å²) in [6.45, 7) is -0.521. The molecule has 0 atom stereocenters. The zero-order valence-electron chi connectivity index (χ0n) is 13.1. The van der Waals surface area contributed by atoms with E-state index in [4.69, 9.17) is 21.4 Å². The number of carbonyl (C=O) groups is 2. The Morgan fingerprint density at radius 2 is 2.08 bits per heavy atom. The Morgan fingerprint density at radius 3 is 2.73 bits per heavy atom. The number of nitro benzene ring substituents is 1. The number of hydrogen-bond acceptors (Lipinski definition) is 6. The summed E-state index contributed by atoms with van der Waals surface area (Å²) in [5.74, 6) is -1.54. The third-order valence-corrected chi connectivity index (χ3v) is 3.30. The number of carboxylic acids is 1. The number of carboxylic acid groups (broad SMARTS) is 1. The molecule has 0 bridgehead atoms. The first-order chi connectivity index (χ1) is 12.4. The predicted octanol–water partition coefficient (Wildman–Crippen LogP) is 2.48. The fraction of sp³-hybridized carbons (Fsp3) is 0.0625. The number of benzene rings is 2. The average molecular weight is 378 g/mol. The fourth-order valence-corrected chi connectivity index (χ4v) is 2.09. The van der Waals surface area contributed by atoms with Crippen LogP contribution >= 0.6 is 11.6 Å². The van der Waals surface area contributed by atoms with Gasteiger partial charge in [-0.25, -0.2) is 10.2 Å². The Morgan fingerprint density at radius 1 is 1.31 bits per heavy atom. The highest BCUT2D eigenvalue weighted by molar-refractivity contribution is 6.32. The first-order valence-corrected chi connectivity index (χ1v) is 7.46. The van der Waals surface area contributed by atoms with E-state index >= 15 is 0 Å². The lowest BCUT2D eigenvalue weighted by Gasteiger charge is -2.05. The first kappa shape index (κ1) is 18.9. The quantitative estimate of drug-likeness (QED) is 0.433. The summed E-state index contributed by atoms with van der Waals surface area (Å²) >= 11 is 5.97. The second kappa shape index (κ2) is 8.58. The van der Waals surface area contributed by atoms with Crippen LogP contribution in [0.2, 0.25) is 5.02 Å². The first-order valence-electron chi connectivity index (χ1n) is 7.09. The molecule has 0 radical (unpaired) electrons. The van der Waals surface area contributed by atoms with E-state index in [2.05, 4.69) is 10.5 Å². The highest BCUT2D eigenvalue weighted by Crippen LogP contribution is 2.24. The van der Waals surface area contributed by atoms with E-state index in [9.17, 15) is 19.7 Å². The van der Waals surface area contributed by atoms with Gasteiger partial charge in [0.1, 0.15) is 5.75 Å². The van der Waals surface area contributed by atoms with Gasteiger partial charge in [-0.15, -0.1) is 0 Å². The maximum Gasteiger partial charge on any atom is 0.341 e. The SMILES string of the molecule is O=C(O)COc1ccc(/C=N\NC(=O)c2cccc([N+](=O)[O-])c2)cc1Cl. The monoisotopic (exact) mass is 377 g/mol. The Bertz CT molecular complexity index is 884. The van der Waals surface area contributed by atoms with Gasteiger partial charge < -0.3 is 9.84 Å². The van der Waals surface area contributed by atoms with Gasteiger partial charge in [0.05, 0.1) is 16.2 Å². The number of aliphatic carboxylic acids is 1. The number of nitrogens with zero attached hydrogens (tertiary/aromatic N) is 2. The van der Waals surface area contributed by atoms with Crippen LogP contribution in [0.1, 0.15) is 15.9 Å². The molecule has 0 unspecified atom stereocenters. The molecule has 2 rings (SSSR count). The summed E-state index contributed by atoms with van der Waals surface area (Å²) in [7, 11) is 0. The number of amides is 1. The molecule has 0 aliphatic carbocycles. The van der Waals surface area contributed by atoms with E-state index in [0.29, 0.717) is 5.56 Å². The molecule has 26 heavy (non-hydrogen) atoms. The molecule has 10 heteroatoms. The molecule has 2 aromatic carbocycles. The van der Waals surface area contributed by atoms with Crippen molar-refractivity contribution in [2.24, 2.45) is 5.10 Å². The maximum atomic E-state index is 11.9. The molecule has 2 aromatic rings. The lowest BCUT2D eigenvalue weighted by atomic mass is 10.2. The molecule has 0 heterocycles. The van der Waals surface area contributed by atoms with Crippen molar-refractivity contribution in [3.05, 3.63) is 68.7 Å². The van der Waals surface area contributed by atoms with Crippen molar-refractivity contribution in [3.8, 4) is 5.75 Å². The number of carbonyl (C=O) groups excluding carboxylic acids is 1. The molecule has 0 fully saturated rings.